The minimum absolute atomic E-state index is 0. The van der Waals surface area contributed by atoms with Crippen LogP contribution in [0.25, 0.3) is 11.3 Å². The molecule has 0 saturated carbocycles. The topological polar surface area (TPSA) is 37.3 Å². The van der Waals surface area contributed by atoms with E-state index in [1.54, 1.807) is 19.1 Å². The van der Waals surface area contributed by atoms with Crippen LogP contribution in [0.15, 0.2) is 59.0 Å². The van der Waals surface area contributed by atoms with Crippen LogP contribution in [0.2, 0.25) is 0 Å². The monoisotopic (exact) mass is 405 g/mol. The van der Waals surface area contributed by atoms with Gasteiger partial charge in [0.05, 0.1) is 11.4 Å². The molecule has 3 aromatic rings. The summed E-state index contributed by atoms with van der Waals surface area (Å²) >= 11 is 1.47. The summed E-state index contributed by atoms with van der Waals surface area (Å²) in [6.45, 7) is 3.69. The highest BCUT2D eigenvalue weighted by molar-refractivity contribution is 8.93. The van der Waals surface area contributed by atoms with Crippen LogP contribution < -0.4 is 5.43 Å². The second-order valence-corrected chi connectivity index (χ2v) is 6.04. The van der Waals surface area contributed by atoms with Crippen LogP contribution in [-0.2, 0) is 0 Å². The smallest absolute Gasteiger partial charge is 0.203 e. The van der Waals surface area contributed by atoms with E-state index < -0.39 is 0 Å². The average molecular weight is 406 g/mol. The van der Waals surface area contributed by atoms with E-state index in [4.69, 9.17) is 0 Å². The predicted molar refractivity (Wildman–Crippen MR) is 105 cm³/mol. The molecule has 0 spiro atoms. The van der Waals surface area contributed by atoms with Crippen LogP contribution in [0.3, 0.4) is 0 Å². The molecular weight excluding hydrogens is 389 g/mol. The first kappa shape index (κ1) is 18.3. The largest absolute Gasteiger partial charge is 0.252 e. The molecule has 0 saturated heterocycles. The molecule has 1 heterocycles. The van der Waals surface area contributed by atoms with Gasteiger partial charge in [-0.3, -0.25) is 5.43 Å². The van der Waals surface area contributed by atoms with Crippen molar-refractivity contribution in [3.8, 4) is 11.3 Å². The first-order valence-corrected chi connectivity index (χ1v) is 8.09. The van der Waals surface area contributed by atoms with Gasteiger partial charge < -0.3 is 0 Å². The third-order valence-corrected chi connectivity index (χ3v) is 4.22. The normalized spacial score (nSPS) is 11.0. The summed E-state index contributed by atoms with van der Waals surface area (Å²) in [5.41, 5.74) is 7.26. The molecule has 0 amide bonds. The predicted octanol–water partition coefficient (Wildman–Crippen LogP) is 5.67. The molecule has 6 heteroatoms. The molecule has 0 atom stereocenters. The Bertz CT molecular complexity index is 846. The van der Waals surface area contributed by atoms with Crippen LogP contribution >= 0.6 is 28.3 Å². The van der Waals surface area contributed by atoms with Gasteiger partial charge >= 0.3 is 0 Å². The van der Waals surface area contributed by atoms with Gasteiger partial charge in [0.25, 0.3) is 0 Å². The summed E-state index contributed by atoms with van der Waals surface area (Å²) in [6, 6.07) is 15.0. The number of nitrogens with zero attached hydrogens (tertiary/aromatic N) is 2. The summed E-state index contributed by atoms with van der Waals surface area (Å²) in [6.07, 6.45) is 0. The second kappa shape index (κ2) is 8.17. The summed E-state index contributed by atoms with van der Waals surface area (Å²) in [5, 5.41) is 7.00. The lowest BCUT2D eigenvalue weighted by molar-refractivity contribution is 0.619. The Labute approximate surface area is 155 Å². The molecule has 0 aliphatic carbocycles. The highest BCUT2D eigenvalue weighted by Gasteiger charge is 2.06. The molecule has 3 nitrogen and oxygen atoms in total. The van der Waals surface area contributed by atoms with Gasteiger partial charge in [0.15, 0.2) is 0 Å². The first-order chi connectivity index (χ1) is 11.1. The number of anilines is 1. The molecule has 3 rings (SSSR count). The number of rotatable bonds is 4. The molecule has 124 valence electrons. The summed E-state index contributed by atoms with van der Waals surface area (Å²) in [5.74, 6) is -0.203. The highest BCUT2D eigenvalue weighted by atomic mass is 79.9. The van der Waals surface area contributed by atoms with Gasteiger partial charge in [0, 0.05) is 10.9 Å². The zero-order chi connectivity index (χ0) is 16.2. The average Bonchev–Trinajstić information content (AvgIpc) is 3.05. The molecule has 1 aromatic heterocycles. The van der Waals surface area contributed by atoms with Crippen molar-refractivity contribution in [3.05, 3.63) is 70.9 Å². The molecule has 24 heavy (non-hydrogen) atoms. The number of nitrogens with one attached hydrogen (secondary N) is 1. The Hall–Kier alpha value is -2.05. The standard InChI is InChI=1S/C18H16FN3S.BrH/c1-12-10-15(8-9-16(12)19)17-11-23-18(20-17)22-21-13(2)14-6-4-3-5-7-14;/h3-11H,1-2H3,(H,20,22);1H. The number of thiazole rings is 1. The Morgan fingerprint density at radius 3 is 2.62 bits per heavy atom. The molecule has 0 bridgehead atoms. The summed E-state index contributed by atoms with van der Waals surface area (Å²) < 4.78 is 13.3. The van der Waals surface area contributed by atoms with Gasteiger partial charge in [-0.05, 0) is 43.2 Å². The van der Waals surface area contributed by atoms with Crippen molar-refractivity contribution in [1.82, 2.24) is 4.98 Å². The fourth-order valence-electron chi connectivity index (χ4n) is 2.14. The molecular formula is C18H17BrFN3S. The van der Waals surface area contributed by atoms with Crippen LogP contribution in [0, 0.1) is 12.7 Å². The fourth-order valence-corrected chi connectivity index (χ4v) is 2.80. The van der Waals surface area contributed by atoms with Crippen molar-refractivity contribution in [3.63, 3.8) is 0 Å². The summed E-state index contributed by atoms with van der Waals surface area (Å²) in [7, 11) is 0. The van der Waals surface area contributed by atoms with Crippen molar-refractivity contribution in [1.29, 1.82) is 0 Å². The Balaban J connectivity index is 0.00000208. The van der Waals surface area contributed by atoms with E-state index >= 15 is 0 Å². The van der Waals surface area contributed by atoms with E-state index in [-0.39, 0.29) is 22.8 Å². The maximum Gasteiger partial charge on any atom is 0.203 e. The summed E-state index contributed by atoms with van der Waals surface area (Å²) in [4.78, 5) is 4.49. The van der Waals surface area contributed by atoms with Gasteiger partial charge in [-0.25, -0.2) is 9.37 Å². The number of benzene rings is 2. The SMILES string of the molecule is Br.CC(=NNc1nc(-c2ccc(F)c(C)c2)cs1)c1ccccc1. The molecule has 1 N–H and O–H groups in total. The van der Waals surface area contributed by atoms with Gasteiger partial charge in [0.1, 0.15) is 5.82 Å². The van der Waals surface area contributed by atoms with E-state index in [1.165, 1.54) is 17.4 Å². The van der Waals surface area contributed by atoms with E-state index in [2.05, 4.69) is 15.5 Å². The Morgan fingerprint density at radius 2 is 1.92 bits per heavy atom. The Kier molecular flexibility index (Phi) is 6.23. The van der Waals surface area contributed by atoms with Crippen molar-refractivity contribution in [2.45, 2.75) is 13.8 Å². The third-order valence-electron chi connectivity index (χ3n) is 3.47. The zero-order valence-electron chi connectivity index (χ0n) is 13.3. The van der Waals surface area contributed by atoms with Crippen molar-refractivity contribution in [2.24, 2.45) is 5.10 Å². The third kappa shape index (κ3) is 4.27. The van der Waals surface area contributed by atoms with Crippen molar-refractivity contribution in [2.75, 3.05) is 5.43 Å². The minimum Gasteiger partial charge on any atom is -0.252 e. The maximum atomic E-state index is 13.3. The number of hydrogen-bond donors (Lipinski definition) is 1. The number of halogens is 2. The van der Waals surface area contributed by atoms with Crippen LogP contribution in [0.4, 0.5) is 9.52 Å². The van der Waals surface area contributed by atoms with Crippen molar-refractivity contribution < 1.29 is 4.39 Å². The van der Waals surface area contributed by atoms with Crippen LogP contribution in [0.1, 0.15) is 18.1 Å². The molecule has 0 aliphatic rings. The fraction of sp³-hybridized carbons (Fsp3) is 0.111. The van der Waals surface area contributed by atoms with Crippen molar-refractivity contribution >= 4 is 39.2 Å². The number of aromatic nitrogens is 1. The number of hydrazone groups is 1. The quantitative estimate of drug-likeness (QED) is 0.448. The molecule has 0 unspecified atom stereocenters. The van der Waals surface area contributed by atoms with Crippen LogP contribution in [-0.4, -0.2) is 10.7 Å². The van der Waals surface area contributed by atoms with Gasteiger partial charge in [-0.15, -0.1) is 28.3 Å². The zero-order valence-corrected chi connectivity index (χ0v) is 15.8. The van der Waals surface area contributed by atoms with Gasteiger partial charge in [-0.1, -0.05) is 30.3 Å². The molecule has 0 fully saturated rings. The lowest BCUT2D eigenvalue weighted by Crippen LogP contribution is -1.99. The van der Waals surface area contributed by atoms with E-state index in [0.717, 1.165) is 22.5 Å². The van der Waals surface area contributed by atoms with Crippen LogP contribution in [0.5, 0.6) is 0 Å². The second-order valence-electron chi connectivity index (χ2n) is 5.18. The van der Waals surface area contributed by atoms with E-state index in [9.17, 15) is 4.39 Å². The molecule has 2 aromatic carbocycles. The first-order valence-electron chi connectivity index (χ1n) is 7.21. The lowest BCUT2D eigenvalue weighted by atomic mass is 10.1. The lowest BCUT2D eigenvalue weighted by Gasteiger charge is -2.01. The minimum atomic E-state index is -0.203. The number of hydrogen-bond acceptors (Lipinski definition) is 4. The van der Waals surface area contributed by atoms with Gasteiger partial charge in [0.2, 0.25) is 5.13 Å². The highest BCUT2D eigenvalue weighted by Crippen LogP contribution is 2.26. The Morgan fingerprint density at radius 1 is 1.17 bits per heavy atom. The maximum absolute atomic E-state index is 13.3. The molecule has 0 radical (unpaired) electrons. The van der Waals surface area contributed by atoms with Gasteiger partial charge in [-0.2, -0.15) is 5.10 Å². The molecule has 0 aliphatic heterocycles. The number of aryl methyl sites for hydroxylation is 1. The van der Waals surface area contributed by atoms with E-state index in [0.29, 0.717) is 10.7 Å². The van der Waals surface area contributed by atoms with E-state index in [1.807, 2.05) is 42.6 Å².